The van der Waals surface area contributed by atoms with Gasteiger partial charge < -0.3 is 15.5 Å². The van der Waals surface area contributed by atoms with Crippen molar-refractivity contribution >= 4 is 41.7 Å². The lowest BCUT2D eigenvalue weighted by atomic mass is 10.1. The van der Waals surface area contributed by atoms with Gasteiger partial charge >= 0.3 is 0 Å². The van der Waals surface area contributed by atoms with Crippen molar-refractivity contribution in [2.45, 2.75) is 32.3 Å². The van der Waals surface area contributed by atoms with E-state index in [2.05, 4.69) is 58.8 Å². The number of hydrogen-bond acceptors (Lipinski definition) is 3. The summed E-state index contributed by atoms with van der Waals surface area (Å²) in [6.45, 7) is 5.44. The first-order valence-electron chi connectivity index (χ1n) is 9.52. The van der Waals surface area contributed by atoms with Crippen molar-refractivity contribution in [3.8, 4) is 0 Å². The number of benzene rings is 2. The fraction of sp³-hybridized carbons (Fsp3) is 0.409. The third-order valence-electron chi connectivity index (χ3n) is 4.58. The molecule has 4 nitrogen and oxygen atoms in total. The van der Waals surface area contributed by atoms with E-state index in [1.807, 2.05) is 12.3 Å². The zero-order chi connectivity index (χ0) is 20.4. The Bertz CT molecular complexity index is 785. The molecule has 7 heteroatoms. The minimum Gasteiger partial charge on any atom is -0.352 e. The van der Waals surface area contributed by atoms with Crippen LogP contribution in [0.25, 0.3) is 0 Å². The quantitative estimate of drug-likeness (QED) is 0.282. The van der Waals surface area contributed by atoms with Gasteiger partial charge in [-0.15, -0.1) is 24.0 Å². The third kappa shape index (κ3) is 8.92. The molecule has 0 amide bonds. The maximum atomic E-state index is 13.5. The highest BCUT2D eigenvalue weighted by Gasteiger charge is 2.06. The highest BCUT2D eigenvalue weighted by molar-refractivity contribution is 14.0. The van der Waals surface area contributed by atoms with E-state index in [0.29, 0.717) is 13.1 Å². The lowest BCUT2D eigenvalue weighted by Crippen LogP contribution is -2.36. The molecule has 29 heavy (non-hydrogen) atoms. The molecule has 0 unspecified atom stereocenters. The van der Waals surface area contributed by atoms with Gasteiger partial charge in [-0.1, -0.05) is 37.3 Å². The number of nitrogens with zero attached hydrogens (tertiary/aromatic N) is 2. The molecular formula is C22H32FIN4S. The van der Waals surface area contributed by atoms with Gasteiger partial charge in [-0.3, -0.25) is 4.99 Å². The second-order valence-corrected chi connectivity index (χ2v) is 7.64. The van der Waals surface area contributed by atoms with Crippen LogP contribution in [0.3, 0.4) is 0 Å². The molecule has 0 radical (unpaired) electrons. The number of aliphatic imine (C=N–C) groups is 1. The standard InChI is InChI=1S/C22H31FN4S.HI/c1-5-27(3)15-18-8-6-7-17(11-18)13-25-22(24-2)26-14-19-9-10-21(23)12-20(19)16-28-4;/h6-12H,5,13-16H2,1-4H3,(H2,24,25,26);1H. The van der Waals surface area contributed by atoms with E-state index in [1.54, 1.807) is 24.9 Å². The fourth-order valence-electron chi connectivity index (χ4n) is 2.90. The summed E-state index contributed by atoms with van der Waals surface area (Å²) in [4.78, 5) is 6.58. The highest BCUT2D eigenvalue weighted by Crippen LogP contribution is 2.16. The zero-order valence-electron chi connectivity index (χ0n) is 17.7. The monoisotopic (exact) mass is 530 g/mol. The number of hydrogen-bond donors (Lipinski definition) is 2. The maximum absolute atomic E-state index is 13.5. The van der Waals surface area contributed by atoms with Crippen LogP contribution in [-0.4, -0.2) is 37.8 Å². The van der Waals surface area contributed by atoms with Gasteiger partial charge in [0.25, 0.3) is 0 Å². The van der Waals surface area contributed by atoms with Crippen molar-refractivity contribution < 1.29 is 4.39 Å². The van der Waals surface area contributed by atoms with Crippen molar-refractivity contribution in [3.63, 3.8) is 0 Å². The number of nitrogens with one attached hydrogen (secondary N) is 2. The van der Waals surface area contributed by atoms with Crippen LogP contribution in [0.4, 0.5) is 4.39 Å². The summed E-state index contributed by atoms with van der Waals surface area (Å²) in [6, 6.07) is 13.6. The van der Waals surface area contributed by atoms with Crippen LogP contribution in [0.1, 0.15) is 29.2 Å². The Morgan fingerprint density at radius 1 is 1.07 bits per heavy atom. The fourth-order valence-corrected chi connectivity index (χ4v) is 3.48. The summed E-state index contributed by atoms with van der Waals surface area (Å²) in [6.07, 6.45) is 2.02. The Morgan fingerprint density at radius 3 is 2.48 bits per heavy atom. The van der Waals surface area contributed by atoms with Gasteiger partial charge in [0.1, 0.15) is 5.82 Å². The molecule has 0 saturated carbocycles. The normalized spacial score (nSPS) is 11.3. The van der Waals surface area contributed by atoms with Crippen LogP contribution >= 0.6 is 35.7 Å². The zero-order valence-corrected chi connectivity index (χ0v) is 20.8. The molecule has 2 aromatic rings. The first-order valence-corrected chi connectivity index (χ1v) is 10.9. The van der Waals surface area contributed by atoms with Gasteiger partial charge in [0.2, 0.25) is 0 Å². The van der Waals surface area contributed by atoms with E-state index < -0.39 is 0 Å². The molecule has 0 aliphatic rings. The highest BCUT2D eigenvalue weighted by atomic mass is 127. The van der Waals surface area contributed by atoms with Crippen LogP contribution < -0.4 is 10.6 Å². The Balaban J connectivity index is 0.00000420. The van der Waals surface area contributed by atoms with E-state index in [-0.39, 0.29) is 29.8 Å². The smallest absolute Gasteiger partial charge is 0.191 e. The van der Waals surface area contributed by atoms with Crippen molar-refractivity contribution in [1.29, 1.82) is 0 Å². The molecular weight excluding hydrogens is 498 g/mol. The summed E-state index contributed by atoms with van der Waals surface area (Å²) >= 11 is 1.69. The molecule has 0 aromatic heterocycles. The molecule has 2 aromatic carbocycles. The van der Waals surface area contributed by atoms with E-state index in [1.165, 1.54) is 17.2 Å². The Kier molecular flexibility index (Phi) is 12.3. The second-order valence-electron chi connectivity index (χ2n) is 6.78. The SMILES string of the molecule is CCN(C)Cc1cccc(CNC(=NC)NCc2ccc(F)cc2CSC)c1.I. The molecule has 160 valence electrons. The van der Waals surface area contributed by atoms with Gasteiger partial charge in [0.05, 0.1) is 0 Å². The number of rotatable bonds is 9. The summed E-state index contributed by atoms with van der Waals surface area (Å²) in [5.41, 5.74) is 4.63. The van der Waals surface area contributed by atoms with E-state index in [4.69, 9.17) is 0 Å². The molecule has 0 spiro atoms. The number of thioether (sulfide) groups is 1. The van der Waals surface area contributed by atoms with Crippen LogP contribution in [-0.2, 0) is 25.4 Å². The lowest BCUT2D eigenvalue weighted by molar-refractivity contribution is 0.345. The van der Waals surface area contributed by atoms with Crippen LogP contribution in [0.15, 0.2) is 47.5 Å². The van der Waals surface area contributed by atoms with E-state index in [0.717, 1.165) is 35.9 Å². The van der Waals surface area contributed by atoms with Crippen molar-refractivity contribution in [1.82, 2.24) is 15.5 Å². The Hall–Kier alpha value is -1.32. The summed E-state index contributed by atoms with van der Waals surface area (Å²) < 4.78 is 13.5. The van der Waals surface area contributed by atoms with Crippen LogP contribution in [0.5, 0.6) is 0 Å². The predicted molar refractivity (Wildman–Crippen MR) is 135 cm³/mol. The average molecular weight is 530 g/mol. The van der Waals surface area contributed by atoms with Crippen molar-refractivity contribution in [3.05, 3.63) is 70.5 Å². The second kappa shape index (κ2) is 13.8. The van der Waals surface area contributed by atoms with Gasteiger partial charge in [-0.2, -0.15) is 11.8 Å². The van der Waals surface area contributed by atoms with Crippen molar-refractivity contribution in [2.75, 3.05) is 26.9 Å². The molecule has 0 heterocycles. The molecule has 0 saturated heterocycles. The lowest BCUT2D eigenvalue weighted by Gasteiger charge is -2.16. The topological polar surface area (TPSA) is 39.7 Å². The molecule has 2 rings (SSSR count). The third-order valence-corrected chi connectivity index (χ3v) is 5.18. The van der Waals surface area contributed by atoms with Crippen molar-refractivity contribution in [2.24, 2.45) is 4.99 Å². The minimum absolute atomic E-state index is 0. The maximum Gasteiger partial charge on any atom is 0.191 e. The largest absolute Gasteiger partial charge is 0.352 e. The average Bonchev–Trinajstić information content (AvgIpc) is 2.70. The van der Waals surface area contributed by atoms with E-state index >= 15 is 0 Å². The molecule has 0 aliphatic heterocycles. The van der Waals surface area contributed by atoms with Gasteiger partial charge in [0.15, 0.2) is 5.96 Å². The first kappa shape index (κ1) is 25.7. The van der Waals surface area contributed by atoms with Crippen LogP contribution in [0, 0.1) is 5.82 Å². The molecule has 2 N–H and O–H groups in total. The van der Waals surface area contributed by atoms with Gasteiger partial charge in [-0.25, -0.2) is 4.39 Å². The van der Waals surface area contributed by atoms with Gasteiger partial charge in [-0.05, 0) is 54.2 Å². The summed E-state index contributed by atoms with van der Waals surface area (Å²) in [5, 5.41) is 6.69. The van der Waals surface area contributed by atoms with E-state index in [9.17, 15) is 4.39 Å². The molecule has 0 bridgehead atoms. The molecule has 0 atom stereocenters. The number of halogens is 2. The Labute approximate surface area is 195 Å². The van der Waals surface area contributed by atoms with Gasteiger partial charge in [0, 0.05) is 32.4 Å². The Morgan fingerprint density at radius 2 is 1.79 bits per heavy atom. The molecule has 0 aliphatic carbocycles. The minimum atomic E-state index is -0.191. The molecule has 0 fully saturated rings. The van der Waals surface area contributed by atoms with Crippen LogP contribution in [0.2, 0.25) is 0 Å². The summed E-state index contributed by atoms with van der Waals surface area (Å²) in [7, 11) is 3.88. The summed E-state index contributed by atoms with van der Waals surface area (Å²) in [5.74, 6) is 1.33. The number of guanidine groups is 1. The predicted octanol–water partition coefficient (Wildman–Crippen LogP) is 4.62. The first-order chi connectivity index (χ1) is 13.5.